The number of ether oxygens (including phenoxy) is 1. The van der Waals surface area contributed by atoms with Crippen LogP contribution in [-0.2, 0) is 9.53 Å². The maximum Gasteiger partial charge on any atom is 0.335 e. The molecule has 1 aromatic carbocycles. The van der Waals surface area contributed by atoms with Gasteiger partial charge in [0.2, 0.25) is 0 Å². The number of carbonyl (C=O) groups excluding carboxylic acids is 1. The molecule has 0 spiro atoms. The lowest BCUT2D eigenvalue weighted by Crippen LogP contribution is -2.01. The number of nitrogens with two attached hydrogens (primary N) is 1. The molecule has 0 aromatic heterocycles. The number of anilines is 1. The number of esters is 1. The molecule has 18 heavy (non-hydrogen) atoms. The molecule has 0 aliphatic heterocycles. The Kier molecular flexibility index (Phi) is 4.92. The van der Waals surface area contributed by atoms with Crippen LogP contribution in [0.15, 0.2) is 24.3 Å². The van der Waals surface area contributed by atoms with Gasteiger partial charge in [0.05, 0.1) is 18.6 Å². The first kappa shape index (κ1) is 13.8. The Morgan fingerprint density at radius 3 is 2.72 bits per heavy atom. The highest BCUT2D eigenvalue weighted by molar-refractivity contribution is 5.89. The summed E-state index contributed by atoms with van der Waals surface area (Å²) in [4.78, 5) is 21.9. The zero-order valence-electron chi connectivity index (χ0n) is 10.1. The molecule has 0 radical (unpaired) electrons. The number of carboxylic acids is 1. The van der Waals surface area contributed by atoms with Crippen molar-refractivity contribution in [3.8, 4) is 0 Å². The predicted octanol–water partition coefficient (Wildman–Crippen LogP) is 1.93. The lowest BCUT2D eigenvalue weighted by Gasteiger charge is -2.01. The second-order valence-electron chi connectivity index (χ2n) is 3.61. The largest absolute Gasteiger partial charge is 0.478 e. The third kappa shape index (κ3) is 4.29. The summed E-state index contributed by atoms with van der Waals surface area (Å²) in [6.45, 7) is 2.08. The minimum Gasteiger partial charge on any atom is -0.478 e. The maximum atomic E-state index is 11.1. The fraction of sp³-hybridized carbons (Fsp3) is 0.231. The quantitative estimate of drug-likeness (QED) is 0.614. The van der Waals surface area contributed by atoms with Crippen LogP contribution in [0, 0.1) is 0 Å². The number of hydrogen-bond acceptors (Lipinski definition) is 4. The molecule has 5 heteroatoms. The van der Waals surface area contributed by atoms with Gasteiger partial charge in [-0.25, -0.2) is 4.79 Å². The number of benzene rings is 1. The van der Waals surface area contributed by atoms with Gasteiger partial charge in [0, 0.05) is 5.69 Å². The standard InChI is InChI=1S/C13H15NO4/c1-2-18-12(15)5-3-4-9-6-10(13(16)17)8-11(14)7-9/h3-4,6-8H,2,5,14H2,1H3,(H,16,17). The van der Waals surface area contributed by atoms with Crippen LogP contribution in [0.3, 0.4) is 0 Å². The van der Waals surface area contributed by atoms with Gasteiger partial charge in [-0.2, -0.15) is 0 Å². The van der Waals surface area contributed by atoms with Crippen molar-refractivity contribution in [3.05, 3.63) is 35.4 Å². The van der Waals surface area contributed by atoms with E-state index in [9.17, 15) is 9.59 Å². The number of carboxylic acid groups (broad SMARTS) is 1. The molecule has 0 amide bonds. The minimum atomic E-state index is -1.04. The highest BCUT2D eigenvalue weighted by Gasteiger charge is 2.04. The number of hydrogen-bond donors (Lipinski definition) is 2. The average Bonchev–Trinajstić information content (AvgIpc) is 2.28. The molecule has 1 aromatic rings. The van der Waals surface area contributed by atoms with Gasteiger partial charge in [0.25, 0.3) is 0 Å². The third-order valence-corrected chi connectivity index (χ3v) is 2.12. The second kappa shape index (κ2) is 6.44. The van der Waals surface area contributed by atoms with Gasteiger partial charge in [-0.15, -0.1) is 0 Å². The maximum absolute atomic E-state index is 11.1. The molecule has 0 fully saturated rings. The highest BCUT2D eigenvalue weighted by atomic mass is 16.5. The summed E-state index contributed by atoms with van der Waals surface area (Å²) < 4.78 is 4.76. The van der Waals surface area contributed by atoms with Crippen LogP contribution in [0.1, 0.15) is 29.3 Å². The number of rotatable bonds is 5. The third-order valence-electron chi connectivity index (χ3n) is 2.12. The van der Waals surface area contributed by atoms with Gasteiger partial charge in [0.15, 0.2) is 0 Å². The summed E-state index contributed by atoms with van der Waals surface area (Å²) in [5, 5.41) is 8.86. The topological polar surface area (TPSA) is 89.6 Å². The normalized spacial score (nSPS) is 10.5. The van der Waals surface area contributed by atoms with Gasteiger partial charge in [-0.1, -0.05) is 12.2 Å². The fourth-order valence-corrected chi connectivity index (χ4v) is 1.41. The van der Waals surface area contributed by atoms with E-state index in [1.165, 1.54) is 12.1 Å². The van der Waals surface area contributed by atoms with E-state index < -0.39 is 5.97 Å². The molecule has 96 valence electrons. The van der Waals surface area contributed by atoms with E-state index in [1.807, 2.05) is 0 Å². The first-order valence-corrected chi connectivity index (χ1v) is 5.49. The molecule has 0 saturated heterocycles. The van der Waals surface area contributed by atoms with Crippen molar-refractivity contribution < 1.29 is 19.4 Å². The Bertz CT molecular complexity index is 480. The zero-order chi connectivity index (χ0) is 13.5. The van der Waals surface area contributed by atoms with E-state index in [1.54, 1.807) is 25.1 Å². The van der Waals surface area contributed by atoms with Gasteiger partial charge >= 0.3 is 11.9 Å². The molecule has 0 aliphatic carbocycles. The molecular weight excluding hydrogens is 234 g/mol. The van der Waals surface area contributed by atoms with Crippen LogP contribution in [0.5, 0.6) is 0 Å². The molecule has 3 N–H and O–H groups in total. The van der Waals surface area contributed by atoms with Crippen molar-refractivity contribution in [2.24, 2.45) is 0 Å². The van der Waals surface area contributed by atoms with Crippen LogP contribution in [0.25, 0.3) is 6.08 Å². The SMILES string of the molecule is CCOC(=O)CC=Cc1cc(N)cc(C(=O)O)c1. The van der Waals surface area contributed by atoms with E-state index >= 15 is 0 Å². The first-order valence-electron chi connectivity index (χ1n) is 5.49. The lowest BCUT2D eigenvalue weighted by atomic mass is 10.1. The summed E-state index contributed by atoms with van der Waals surface area (Å²) in [6, 6.07) is 4.50. The van der Waals surface area contributed by atoms with Gasteiger partial charge in [0.1, 0.15) is 0 Å². The molecule has 0 atom stereocenters. The molecule has 5 nitrogen and oxygen atoms in total. The van der Waals surface area contributed by atoms with E-state index in [0.29, 0.717) is 17.9 Å². The van der Waals surface area contributed by atoms with Crippen molar-refractivity contribution in [2.75, 3.05) is 12.3 Å². The summed E-state index contributed by atoms with van der Waals surface area (Å²) in [5.41, 5.74) is 6.71. The number of carbonyl (C=O) groups is 2. The van der Waals surface area contributed by atoms with E-state index in [2.05, 4.69) is 0 Å². The van der Waals surface area contributed by atoms with Crippen LogP contribution in [0.2, 0.25) is 0 Å². The Labute approximate surface area is 105 Å². The number of aromatic carboxylic acids is 1. The Hall–Kier alpha value is -2.30. The van der Waals surface area contributed by atoms with E-state index in [-0.39, 0.29) is 18.0 Å². The monoisotopic (exact) mass is 249 g/mol. The van der Waals surface area contributed by atoms with Crippen LogP contribution >= 0.6 is 0 Å². The smallest absolute Gasteiger partial charge is 0.335 e. The molecular formula is C13H15NO4. The molecule has 0 saturated carbocycles. The van der Waals surface area contributed by atoms with Gasteiger partial charge < -0.3 is 15.6 Å². The second-order valence-corrected chi connectivity index (χ2v) is 3.61. The van der Waals surface area contributed by atoms with Crippen molar-refractivity contribution in [2.45, 2.75) is 13.3 Å². The van der Waals surface area contributed by atoms with Crippen LogP contribution < -0.4 is 5.73 Å². The van der Waals surface area contributed by atoms with E-state index in [0.717, 1.165) is 0 Å². The van der Waals surface area contributed by atoms with Gasteiger partial charge in [-0.3, -0.25) is 4.79 Å². The molecule has 1 rings (SSSR count). The van der Waals surface area contributed by atoms with Crippen molar-refractivity contribution in [3.63, 3.8) is 0 Å². The first-order chi connectivity index (χ1) is 8.52. The van der Waals surface area contributed by atoms with Crippen molar-refractivity contribution >= 4 is 23.7 Å². The average molecular weight is 249 g/mol. The highest BCUT2D eigenvalue weighted by Crippen LogP contribution is 2.14. The van der Waals surface area contributed by atoms with Crippen molar-refractivity contribution in [1.82, 2.24) is 0 Å². The molecule has 0 heterocycles. The van der Waals surface area contributed by atoms with Crippen molar-refractivity contribution in [1.29, 1.82) is 0 Å². The van der Waals surface area contributed by atoms with Crippen LogP contribution in [-0.4, -0.2) is 23.7 Å². The van der Waals surface area contributed by atoms with Crippen LogP contribution in [0.4, 0.5) is 5.69 Å². The summed E-state index contributed by atoms with van der Waals surface area (Å²) in [7, 11) is 0. The van der Waals surface area contributed by atoms with Gasteiger partial charge in [-0.05, 0) is 30.7 Å². The molecule has 0 aliphatic rings. The Morgan fingerprint density at radius 2 is 2.11 bits per heavy atom. The summed E-state index contributed by atoms with van der Waals surface area (Å²) in [5.74, 6) is -1.36. The molecule has 0 bridgehead atoms. The summed E-state index contributed by atoms with van der Waals surface area (Å²) in [6.07, 6.45) is 3.39. The zero-order valence-corrected chi connectivity index (χ0v) is 10.1. The molecule has 0 unspecified atom stereocenters. The lowest BCUT2D eigenvalue weighted by molar-refractivity contribution is -0.142. The fourth-order valence-electron chi connectivity index (χ4n) is 1.41. The number of nitrogen functional groups attached to an aromatic ring is 1. The van der Waals surface area contributed by atoms with E-state index in [4.69, 9.17) is 15.6 Å². The predicted molar refractivity (Wildman–Crippen MR) is 68.1 cm³/mol. The minimum absolute atomic E-state index is 0.116. The Balaban J connectivity index is 2.75. The Morgan fingerprint density at radius 1 is 1.39 bits per heavy atom. The summed E-state index contributed by atoms with van der Waals surface area (Å²) >= 11 is 0.